The molecule has 0 unspecified atom stereocenters. The molecule has 0 aliphatic carbocycles. The van der Waals surface area contributed by atoms with Crippen LogP contribution in [0.2, 0.25) is 0 Å². The number of nitrogens with zero attached hydrogens (tertiary/aromatic N) is 2. The number of amides is 2. The maximum Gasteiger partial charge on any atom is 0.264 e. The number of rotatable bonds is 6. The van der Waals surface area contributed by atoms with E-state index in [1.807, 2.05) is 31.6 Å². The molecule has 2 aromatic heterocycles. The van der Waals surface area contributed by atoms with Gasteiger partial charge in [-0.05, 0) is 67.2 Å². The van der Waals surface area contributed by atoms with Crippen molar-refractivity contribution in [2.24, 2.45) is 0 Å². The number of piperidine rings is 1. The Morgan fingerprint density at radius 3 is 2.81 bits per heavy atom. The Kier molecular flexibility index (Phi) is 6.45. The van der Waals surface area contributed by atoms with E-state index in [1.165, 1.54) is 16.9 Å². The fraction of sp³-hybridized carbons (Fsp3) is 0.474. The number of carbonyl (C=O) groups excluding carboxylic acids is 2. The van der Waals surface area contributed by atoms with Crippen molar-refractivity contribution < 1.29 is 9.59 Å². The van der Waals surface area contributed by atoms with E-state index in [-0.39, 0.29) is 23.9 Å². The molecule has 1 N–H and O–H groups in total. The summed E-state index contributed by atoms with van der Waals surface area (Å²) in [6, 6.07) is 5.56. The van der Waals surface area contributed by atoms with Crippen molar-refractivity contribution in [2.45, 2.75) is 31.3 Å². The Labute approximate surface area is 162 Å². The molecule has 3 heterocycles. The van der Waals surface area contributed by atoms with Crippen LogP contribution in [0, 0.1) is 0 Å². The van der Waals surface area contributed by atoms with Crippen LogP contribution >= 0.6 is 22.7 Å². The zero-order chi connectivity index (χ0) is 18.5. The molecule has 1 aliphatic heterocycles. The van der Waals surface area contributed by atoms with Gasteiger partial charge in [-0.15, -0.1) is 11.3 Å². The number of hydrogen-bond acceptors (Lipinski definition) is 5. The Morgan fingerprint density at radius 2 is 2.15 bits per heavy atom. The Morgan fingerprint density at radius 1 is 1.31 bits per heavy atom. The molecule has 140 valence electrons. The number of likely N-dealkylation sites (N-methyl/N-ethyl adjacent to an activating group) is 1. The van der Waals surface area contributed by atoms with Crippen LogP contribution in [0.4, 0.5) is 0 Å². The lowest BCUT2D eigenvalue weighted by Gasteiger charge is -2.35. The average Bonchev–Trinajstić information content (AvgIpc) is 3.35. The van der Waals surface area contributed by atoms with Crippen molar-refractivity contribution in [3.8, 4) is 0 Å². The Balaban J connectivity index is 1.66. The maximum absolute atomic E-state index is 12.9. The van der Waals surface area contributed by atoms with Crippen LogP contribution in [0.3, 0.4) is 0 Å². The fourth-order valence-electron chi connectivity index (χ4n) is 3.37. The molecule has 2 aromatic rings. The highest BCUT2D eigenvalue weighted by atomic mass is 32.1. The second-order valence-electron chi connectivity index (χ2n) is 6.77. The van der Waals surface area contributed by atoms with Crippen LogP contribution in [-0.2, 0) is 4.79 Å². The molecule has 1 aliphatic rings. The highest BCUT2D eigenvalue weighted by Crippen LogP contribution is 2.23. The van der Waals surface area contributed by atoms with Crippen molar-refractivity contribution in [3.05, 3.63) is 44.8 Å². The smallest absolute Gasteiger partial charge is 0.264 e. The van der Waals surface area contributed by atoms with E-state index in [1.54, 1.807) is 16.2 Å². The molecule has 5 nitrogen and oxygen atoms in total. The first-order valence-electron chi connectivity index (χ1n) is 8.88. The van der Waals surface area contributed by atoms with Crippen LogP contribution < -0.4 is 5.32 Å². The minimum Gasteiger partial charge on any atom is -0.352 e. The summed E-state index contributed by atoms with van der Waals surface area (Å²) in [5, 5.41) is 9.15. The van der Waals surface area contributed by atoms with E-state index < -0.39 is 0 Å². The van der Waals surface area contributed by atoms with Crippen LogP contribution in [0.15, 0.2) is 34.3 Å². The summed E-state index contributed by atoms with van der Waals surface area (Å²) in [7, 11) is 4.03. The minimum atomic E-state index is -0.372. The van der Waals surface area contributed by atoms with Gasteiger partial charge in [0.05, 0.1) is 10.9 Å². The summed E-state index contributed by atoms with van der Waals surface area (Å²) in [6.07, 6.45) is 2.66. The monoisotopic (exact) mass is 391 g/mol. The molecular weight excluding hydrogens is 366 g/mol. The van der Waals surface area contributed by atoms with E-state index in [9.17, 15) is 9.59 Å². The van der Waals surface area contributed by atoms with Crippen molar-refractivity contribution in [1.29, 1.82) is 0 Å². The summed E-state index contributed by atoms with van der Waals surface area (Å²) in [6.45, 7) is 1.19. The largest absolute Gasteiger partial charge is 0.352 e. The SMILES string of the molecule is CN(C)[C@H](CNC(=O)[C@H]1CCCCN1C(=O)c1cccs1)c1ccsc1. The molecule has 2 amide bonds. The lowest BCUT2D eigenvalue weighted by Crippen LogP contribution is -2.52. The van der Waals surface area contributed by atoms with Gasteiger partial charge in [-0.3, -0.25) is 9.59 Å². The minimum absolute atomic E-state index is 0.0261. The third-order valence-electron chi connectivity index (χ3n) is 4.82. The van der Waals surface area contributed by atoms with E-state index in [0.29, 0.717) is 18.0 Å². The van der Waals surface area contributed by atoms with Gasteiger partial charge < -0.3 is 15.1 Å². The first kappa shape index (κ1) is 19.1. The van der Waals surface area contributed by atoms with Crippen molar-refractivity contribution >= 4 is 34.5 Å². The third kappa shape index (κ3) is 4.34. The number of hydrogen-bond donors (Lipinski definition) is 1. The zero-order valence-electron chi connectivity index (χ0n) is 15.2. The van der Waals surface area contributed by atoms with Crippen LogP contribution in [0.5, 0.6) is 0 Å². The molecule has 0 spiro atoms. The predicted octanol–water partition coefficient (Wildman–Crippen LogP) is 3.22. The van der Waals surface area contributed by atoms with Crippen LogP contribution in [0.1, 0.15) is 40.5 Å². The molecule has 0 saturated carbocycles. The lowest BCUT2D eigenvalue weighted by atomic mass is 10.0. The average molecular weight is 392 g/mol. The van der Waals surface area contributed by atoms with Gasteiger partial charge in [0.2, 0.25) is 5.91 Å². The zero-order valence-corrected chi connectivity index (χ0v) is 16.8. The topological polar surface area (TPSA) is 52.7 Å². The second-order valence-corrected chi connectivity index (χ2v) is 8.50. The van der Waals surface area contributed by atoms with Gasteiger partial charge >= 0.3 is 0 Å². The number of likely N-dealkylation sites (tertiary alicyclic amines) is 1. The Hall–Kier alpha value is -1.70. The van der Waals surface area contributed by atoms with Crippen molar-refractivity contribution in [3.63, 3.8) is 0 Å². The van der Waals surface area contributed by atoms with Crippen molar-refractivity contribution in [1.82, 2.24) is 15.1 Å². The number of carbonyl (C=O) groups is 2. The van der Waals surface area contributed by atoms with Gasteiger partial charge in [0, 0.05) is 13.1 Å². The van der Waals surface area contributed by atoms with Gasteiger partial charge in [-0.2, -0.15) is 11.3 Å². The predicted molar refractivity (Wildman–Crippen MR) is 107 cm³/mol. The quantitative estimate of drug-likeness (QED) is 0.823. The molecule has 0 radical (unpaired) electrons. The van der Waals surface area contributed by atoms with E-state index in [4.69, 9.17) is 0 Å². The van der Waals surface area contributed by atoms with E-state index >= 15 is 0 Å². The summed E-state index contributed by atoms with van der Waals surface area (Å²) >= 11 is 3.09. The molecule has 0 bridgehead atoms. The fourth-order valence-corrected chi connectivity index (χ4v) is 4.75. The molecule has 7 heteroatoms. The first-order chi connectivity index (χ1) is 12.6. The summed E-state index contributed by atoms with van der Waals surface area (Å²) in [4.78, 5) is 30.2. The van der Waals surface area contributed by atoms with Gasteiger partial charge in [0.1, 0.15) is 6.04 Å². The highest BCUT2D eigenvalue weighted by molar-refractivity contribution is 7.12. The second kappa shape index (κ2) is 8.79. The van der Waals surface area contributed by atoms with E-state index in [0.717, 1.165) is 19.3 Å². The van der Waals surface area contributed by atoms with Crippen LogP contribution in [0.25, 0.3) is 0 Å². The lowest BCUT2D eigenvalue weighted by molar-refractivity contribution is -0.126. The standard InChI is InChI=1S/C19H25N3O2S2/c1-21(2)16(14-8-11-25-13-14)12-20-18(23)15-6-3-4-9-22(15)19(24)17-7-5-10-26-17/h5,7-8,10-11,13,15-16H,3-4,6,9,12H2,1-2H3,(H,20,23)/t15-,16-/m1/s1. The normalized spacial score (nSPS) is 18.7. The summed E-state index contributed by atoms with van der Waals surface area (Å²) in [5.41, 5.74) is 1.20. The summed E-state index contributed by atoms with van der Waals surface area (Å²) in [5.74, 6) is -0.0708. The van der Waals surface area contributed by atoms with Gasteiger partial charge in [0.15, 0.2) is 0 Å². The molecule has 2 atom stereocenters. The van der Waals surface area contributed by atoms with Gasteiger partial charge in [-0.25, -0.2) is 0 Å². The molecule has 3 rings (SSSR count). The maximum atomic E-state index is 12.9. The number of nitrogens with one attached hydrogen (secondary N) is 1. The molecule has 1 fully saturated rings. The van der Waals surface area contributed by atoms with Crippen molar-refractivity contribution in [2.75, 3.05) is 27.2 Å². The summed E-state index contributed by atoms with van der Waals surface area (Å²) < 4.78 is 0. The third-order valence-corrected chi connectivity index (χ3v) is 6.38. The number of thiophene rings is 2. The highest BCUT2D eigenvalue weighted by Gasteiger charge is 2.33. The Bertz CT molecular complexity index is 713. The molecular formula is C19H25N3O2S2. The van der Waals surface area contributed by atoms with E-state index in [2.05, 4.69) is 27.0 Å². The van der Waals surface area contributed by atoms with Crippen LogP contribution in [-0.4, -0.2) is 54.8 Å². The molecule has 0 aromatic carbocycles. The van der Waals surface area contributed by atoms with Gasteiger partial charge in [-0.1, -0.05) is 6.07 Å². The first-order valence-corrected chi connectivity index (χ1v) is 10.7. The molecule has 1 saturated heterocycles. The molecule has 26 heavy (non-hydrogen) atoms. The van der Waals surface area contributed by atoms with Gasteiger partial charge in [0.25, 0.3) is 5.91 Å².